The maximum absolute atomic E-state index is 14.3. The zero-order valence-corrected chi connectivity index (χ0v) is 10.9. The van der Waals surface area contributed by atoms with Gasteiger partial charge < -0.3 is 14.9 Å². The van der Waals surface area contributed by atoms with E-state index in [0.717, 1.165) is 12.8 Å². The minimum atomic E-state index is -0.944. The van der Waals surface area contributed by atoms with Crippen molar-refractivity contribution in [2.24, 2.45) is 5.92 Å². The summed E-state index contributed by atoms with van der Waals surface area (Å²) >= 11 is 0. The van der Waals surface area contributed by atoms with Crippen LogP contribution in [-0.4, -0.2) is 23.3 Å². The summed E-state index contributed by atoms with van der Waals surface area (Å²) in [6.45, 7) is 1.64. The predicted molar refractivity (Wildman–Crippen MR) is 67.1 cm³/mol. The monoisotopic (exact) mass is 268 g/mol. The minimum Gasteiger partial charge on any atom is -0.504 e. The van der Waals surface area contributed by atoms with Crippen LogP contribution in [-0.2, 0) is 4.79 Å². The van der Waals surface area contributed by atoms with Gasteiger partial charge in [0, 0.05) is 5.92 Å². The number of hydrogen-bond acceptors (Lipinski definition) is 3. The molecule has 1 aromatic rings. The van der Waals surface area contributed by atoms with E-state index in [2.05, 4.69) is 0 Å². The zero-order valence-electron chi connectivity index (χ0n) is 10.9. The topological polar surface area (TPSA) is 66.8 Å². The van der Waals surface area contributed by atoms with Gasteiger partial charge in [-0.1, -0.05) is 0 Å². The van der Waals surface area contributed by atoms with Gasteiger partial charge in [0.05, 0.1) is 13.5 Å². The molecule has 0 spiro atoms. The molecular formula is C14H17FO4. The molecule has 0 aliphatic heterocycles. The van der Waals surface area contributed by atoms with Crippen molar-refractivity contribution < 1.29 is 24.1 Å². The molecule has 0 amide bonds. The van der Waals surface area contributed by atoms with Crippen LogP contribution in [0.4, 0.5) is 4.39 Å². The van der Waals surface area contributed by atoms with E-state index in [-0.39, 0.29) is 29.8 Å². The first-order chi connectivity index (χ1) is 8.95. The lowest BCUT2D eigenvalue weighted by Gasteiger charge is -2.18. The first-order valence-electron chi connectivity index (χ1n) is 6.23. The Labute approximate surface area is 110 Å². The molecule has 0 bridgehead atoms. The lowest BCUT2D eigenvalue weighted by atomic mass is 9.89. The highest BCUT2D eigenvalue weighted by Gasteiger charge is 2.36. The number of carbonyl (C=O) groups is 1. The second kappa shape index (κ2) is 5.07. The van der Waals surface area contributed by atoms with Crippen molar-refractivity contribution in [1.29, 1.82) is 0 Å². The van der Waals surface area contributed by atoms with Gasteiger partial charge in [-0.25, -0.2) is 4.39 Å². The zero-order chi connectivity index (χ0) is 14.2. The van der Waals surface area contributed by atoms with Gasteiger partial charge in [0.15, 0.2) is 17.3 Å². The standard InChI is InChI=1S/C14H17FO4/c1-7-5-10(12(15)14(19-2)13(7)18)9(6-11(16)17)8-3-4-8/h5,8-9,18H,3-4,6H2,1-2H3,(H,16,17). The van der Waals surface area contributed by atoms with Gasteiger partial charge in [-0.3, -0.25) is 4.79 Å². The quantitative estimate of drug-likeness (QED) is 0.861. The van der Waals surface area contributed by atoms with Crippen LogP contribution in [0.2, 0.25) is 0 Å². The second-order valence-electron chi connectivity index (χ2n) is 5.02. The van der Waals surface area contributed by atoms with E-state index in [4.69, 9.17) is 9.84 Å². The maximum atomic E-state index is 14.3. The highest BCUT2D eigenvalue weighted by Crippen LogP contribution is 2.48. The summed E-state index contributed by atoms with van der Waals surface area (Å²) in [5.74, 6) is -2.17. The number of ether oxygens (including phenoxy) is 1. The van der Waals surface area contributed by atoms with Gasteiger partial charge in [0.1, 0.15) is 0 Å². The molecular weight excluding hydrogens is 251 g/mol. The molecule has 1 atom stereocenters. The minimum absolute atomic E-state index is 0.102. The van der Waals surface area contributed by atoms with Crippen LogP contribution in [0.25, 0.3) is 0 Å². The van der Waals surface area contributed by atoms with Crippen molar-refractivity contribution in [1.82, 2.24) is 0 Å². The molecule has 0 radical (unpaired) electrons. The maximum Gasteiger partial charge on any atom is 0.303 e. The SMILES string of the molecule is COc1c(O)c(C)cc(C(CC(=O)O)C2CC2)c1F. The Bertz CT molecular complexity index is 509. The summed E-state index contributed by atoms with van der Waals surface area (Å²) in [5.41, 5.74) is 0.821. The fourth-order valence-electron chi connectivity index (χ4n) is 2.45. The number of carboxylic acid groups (broad SMARTS) is 1. The van der Waals surface area contributed by atoms with Crippen molar-refractivity contribution >= 4 is 5.97 Å². The fourth-order valence-corrected chi connectivity index (χ4v) is 2.45. The third-order valence-corrected chi connectivity index (χ3v) is 3.60. The molecule has 0 heterocycles. The molecule has 0 saturated heterocycles. The molecule has 1 fully saturated rings. The van der Waals surface area contributed by atoms with Crippen LogP contribution in [0.5, 0.6) is 11.5 Å². The van der Waals surface area contributed by atoms with Crippen LogP contribution >= 0.6 is 0 Å². The third kappa shape index (κ3) is 2.64. The van der Waals surface area contributed by atoms with Crippen molar-refractivity contribution in [2.45, 2.75) is 32.1 Å². The number of aryl methyl sites for hydroxylation is 1. The summed E-state index contributed by atoms with van der Waals surface area (Å²) in [4.78, 5) is 10.9. The van der Waals surface area contributed by atoms with Gasteiger partial charge in [-0.15, -0.1) is 0 Å². The summed E-state index contributed by atoms with van der Waals surface area (Å²) in [6.07, 6.45) is 1.73. The lowest BCUT2D eigenvalue weighted by molar-refractivity contribution is -0.137. The molecule has 2 rings (SSSR count). The number of methoxy groups -OCH3 is 1. The van der Waals surface area contributed by atoms with E-state index < -0.39 is 11.8 Å². The number of aromatic hydroxyl groups is 1. The molecule has 0 aromatic heterocycles. The van der Waals surface area contributed by atoms with E-state index in [1.54, 1.807) is 6.92 Å². The molecule has 1 unspecified atom stereocenters. The Morgan fingerprint density at radius 3 is 2.68 bits per heavy atom. The Hall–Kier alpha value is -1.78. The number of halogens is 1. The number of aliphatic carboxylic acids is 1. The van der Waals surface area contributed by atoms with E-state index in [1.807, 2.05) is 0 Å². The van der Waals surface area contributed by atoms with Crippen LogP contribution in [0.15, 0.2) is 6.07 Å². The van der Waals surface area contributed by atoms with Crippen LogP contribution < -0.4 is 4.74 Å². The van der Waals surface area contributed by atoms with E-state index in [1.165, 1.54) is 13.2 Å². The van der Waals surface area contributed by atoms with Gasteiger partial charge in [-0.2, -0.15) is 0 Å². The van der Waals surface area contributed by atoms with Gasteiger partial charge in [-0.05, 0) is 42.9 Å². The molecule has 104 valence electrons. The number of rotatable bonds is 5. The highest BCUT2D eigenvalue weighted by atomic mass is 19.1. The van der Waals surface area contributed by atoms with Crippen LogP contribution in [0.1, 0.15) is 36.3 Å². The molecule has 1 saturated carbocycles. The molecule has 5 heteroatoms. The Kier molecular flexibility index (Phi) is 3.64. The van der Waals surface area contributed by atoms with Gasteiger partial charge in [0.25, 0.3) is 0 Å². The van der Waals surface area contributed by atoms with Crippen LogP contribution in [0.3, 0.4) is 0 Å². The van der Waals surface area contributed by atoms with Gasteiger partial charge in [0.2, 0.25) is 0 Å². The van der Waals surface area contributed by atoms with Crippen molar-refractivity contribution in [3.8, 4) is 11.5 Å². The van der Waals surface area contributed by atoms with E-state index in [9.17, 15) is 14.3 Å². The summed E-state index contributed by atoms with van der Waals surface area (Å²) in [5, 5.41) is 18.7. The van der Waals surface area contributed by atoms with Crippen molar-refractivity contribution in [2.75, 3.05) is 7.11 Å². The molecule has 1 aliphatic carbocycles. The first kappa shape index (κ1) is 13.6. The van der Waals surface area contributed by atoms with Gasteiger partial charge >= 0.3 is 5.97 Å². The fraction of sp³-hybridized carbons (Fsp3) is 0.500. The number of carboxylic acids is 1. The number of benzene rings is 1. The average molecular weight is 268 g/mol. The summed E-state index contributed by atoms with van der Waals surface area (Å²) in [6, 6.07) is 1.53. The van der Waals surface area contributed by atoms with Crippen molar-refractivity contribution in [3.05, 3.63) is 23.0 Å². The average Bonchev–Trinajstić information content (AvgIpc) is 3.16. The lowest BCUT2D eigenvalue weighted by Crippen LogP contribution is -2.11. The number of hydrogen-bond donors (Lipinski definition) is 2. The first-order valence-corrected chi connectivity index (χ1v) is 6.23. The van der Waals surface area contributed by atoms with E-state index >= 15 is 0 Å². The third-order valence-electron chi connectivity index (χ3n) is 3.60. The molecule has 4 nitrogen and oxygen atoms in total. The smallest absolute Gasteiger partial charge is 0.303 e. The Morgan fingerprint density at radius 2 is 2.21 bits per heavy atom. The number of phenols is 1. The largest absolute Gasteiger partial charge is 0.504 e. The predicted octanol–water partition coefficient (Wildman–Crippen LogP) is 2.82. The summed E-state index contributed by atoms with van der Waals surface area (Å²) in [7, 11) is 1.28. The molecule has 1 aromatic carbocycles. The van der Waals surface area contributed by atoms with Crippen molar-refractivity contribution in [3.63, 3.8) is 0 Å². The normalized spacial score (nSPS) is 16.2. The highest BCUT2D eigenvalue weighted by molar-refractivity contribution is 5.68. The van der Waals surface area contributed by atoms with E-state index in [0.29, 0.717) is 11.1 Å². The number of phenolic OH excluding ortho intramolecular Hbond substituents is 1. The molecule has 1 aliphatic rings. The summed E-state index contributed by atoms with van der Waals surface area (Å²) < 4.78 is 19.2. The second-order valence-corrected chi connectivity index (χ2v) is 5.02. The Morgan fingerprint density at radius 1 is 1.58 bits per heavy atom. The Balaban J connectivity index is 2.47. The van der Waals surface area contributed by atoms with Crippen LogP contribution in [0, 0.1) is 18.7 Å². The molecule has 19 heavy (non-hydrogen) atoms. The molecule has 2 N–H and O–H groups in total.